The lowest BCUT2D eigenvalue weighted by atomic mass is 9.95. The summed E-state index contributed by atoms with van der Waals surface area (Å²) in [7, 11) is 0. The summed E-state index contributed by atoms with van der Waals surface area (Å²) in [4.78, 5) is 10.8. The number of fused-ring (bicyclic) bond motifs is 7. The highest BCUT2D eigenvalue weighted by Crippen LogP contribution is 2.41. The molecule has 13 rings (SSSR count). The van der Waals surface area contributed by atoms with E-state index in [1.807, 2.05) is 24.3 Å². The molecule has 0 fully saturated rings. The molecule has 0 saturated heterocycles. The minimum atomic E-state index is -0.376. The minimum absolute atomic E-state index is 0.376. The van der Waals surface area contributed by atoms with Crippen LogP contribution in [0.3, 0.4) is 0 Å². The van der Waals surface area contributed by atoms with E-state index in [1.54, 1.807) is 0 Å². The summed E-state index contributed by atoms with van der Waals surface area (Å²) in [5, 5.41) is 10.7. The predicted molar refractivity (Wildman–Crippen MR) is 274 cm³/mol. The molecule has 2 aromatic heterocycles. The van der Waals surface area contributed by atoms with E-state index in [4.69, 9.17) is 14.4 Å². The molecule has 10 aromatic carbocycles. The first-order valence-electron chi connectivity index (χ1n) is 22.4. The average molecular weight is 845 g/mol. The second-order valence-electron chi connectivity index (χ2n) is 17.0. The Morgan fingerprint density at radius 1 is 0.409 bits per heavy atom. The van der Waals surface area contributed by atoms with Crippen LogP contribution in [0.2, 0.25) is 0 Å². The summed E-state index contributed by atoms with van der Waals surface area (Å²) in [6, 6.07) is 81.7. The molecule has 0 amide bonds. The van der Waals surface area contributed by atoms with Crippen LogP contribution >= 0.6 is 0 Å². The summed E-state index contributed by atoms with van der Waals surface area (Å²) in [6.07, 6.45) is -0.376. The molecule has 0 bridgehead atoms. The molecule has 0 saturated carbocycles. The molecule has 0 aliphatic carbocycles. The molecule has 0 spiro atoms. The largest absolute Gasteiger partial charge is 0.455 e. The van der Waals surface area contributed by atoms with E-state index >= 15 is 0 Å². The Morgan fingerprint density at radius 3 is 1.77 bits per heavy atom. The number of nitrogens with zero attached hydrogens (tertiary/aromatic N) is 3. The topological polar surface area (TPSA) is 54.8 Å². The Labute approximate surface area is 381 Å². The molecule has 5 heteroatoms. The van der Waals surface area contributed by atoms with Crippen molar-refractivity contribution in [3.05, 3.63) is 247 Å². The lowest BCUT2D eigenvalue weighted by molar-refractivity contribution is 0.670. The maximum Gasteiger partial charge on any atom is 0.160 e. The molecular formula is C61H40N4O. The average Bonchev–Trinajstić information content (AvgIpc) is 3.94. The molecule has 66 heavy (non-hydrogen) atoms. The van der Waals surface area contributed by atoms with Gasteiger partial charge in [0.05, 0.1) is 11.0 Å². The van der Waals surface area contributed by atoms with E-state index in [-0.39, 0.29) is 6.17 Å². The van der Waals surface area contributed by atoms with Crippen LogP contribution in [-0.4, -0.2) is 16.2 Å². The van der Waals surface area contributed by atoms with E-state index < -0.39 is 0 Å². The van der Waals surface area contributed by atoms with Crippen molar-refractivity contribution in [1.29, 1.82) is 0 Å². The summed E-state index contributed by atoms with van der Waals surface area (Å²) < 4.78 is 9.16. The van der Waals surface area contributed by atoms with Gasteiger partial charge in [-0.05, 0) is 86.6 Å². The number of nitrogens with one attached hydrogen (secondary N) is 1. The zero-order valence-corrected chi connectivity index (χ0v) is 35.8. The summed E-state index contributed by atoms with van der Waals surface area (Å²) >= 11 is 0. The number of amidine groups is 2. The Balaban J connectivity index is 0.989. The molecule has 1 atom stereocenters. The zero-order valence-electron chi connectivity index (χ0n) is 35.8. The predicted octanol–water partition coefficient (Wildman–Crippen LogP) is 15.3. The molecule has 0 radical (unpaired) electrons. The third kappa shape index (κ3) is 6.40. The van der Waals surface area contributed by atoms with Crippen molar-refractivity contribution in [2.45, 2.75) is 6.17 Å². The number of rotatable bonds is 7. The molecule has 12 aromatic rings. The van der Waals surface area contributed by atoms with E-state index in [1.165, 1.54) is 32.7 Å². The maximum absolute atomic E-state index is 6.76. The van der Waals surface area contributed by atoms with Crippen LogP contribution in [0.1, 0.15) is 22.9 Å². The first kappa shape index (κ1) is 37.7. The smallest absolute Gasteiger partial charge is 0.160 e. The van der Waals surface area contributed by atoms with Gasteiger partial charge in [-0.15, -0.1) is 0 Å². The summed E-state index contributed by atoms with van der Waals surface area (Å²) in [5.74, 6) is 1.40. The zero-order chi connectivity index (χ0) is 43.6. The van der Waals surface area contributed by atoms with Gasteiger partial charge in [0.25, 0.3) is 0 Å². The second-order valence-corrected chi connectivity index (χ2v) is 17.0. The highest BCUT2D eigenvalue weighted by Gasteiger charge is 2.25. The van der Waals surface area contributed by atoms with Crippen molar-refractivity contribution in [3.63, 3.8) is 0 Å². The molecular weight excluding hydrogens is 805 g/mol. The van der Waals surface area contributed by atoms with Crippen LogP contribution in [0, 0.1) is 0 Å². The van der Waals surface area contributed by atoms with Crippen molar-refractivity contribution < 1.29 is 4.42 Å². The van der Waals surface area contributed by atoms with Gasteiger partial charge in [-0.3, -0.25) is 0 Å². The fourth-order valence-corrected chi connectivity index (χ4v) is 9.81. The van der Waals surface area contributed by atoms with Gasteiger partial charge in [0.1, 0.15) is 23.2 Å². The van der Waals surface area contributed by atoms with Crippen LogP contribution < -0.4 is 5.32 Å². The quantitative estimate of drug-likeness (QED) is 0.174. The van der Waals surface area contributed by atoms with Crippen LogP contribution in [0.4, 0.5) is 0 Å². The van der Waals surface area contributed by atoms with Gasteiger partial charge in [-0.1, -0.05) is 188 Å². The molecule has 1 aliphatic heterocycles. The van der Waals surface area contributed by atoms with Crippen molar-refractivity contribution in [1.82, 2.24) is 9.88 Å². The third-order valence-electron chi connectivity index (χ3n) is 13.1. The number of furan rings is 1. The Hall–Kier alpha value is -8.80. The fraction of sp³-hybridized carbons (Fsp3) is 0.0164. The molecule has 1 N–H and O–H groups in total. The summed E-state index contributed by atoms with van der Waals surface area (Å²) in [6.45, 7) is 0. The standard InChI is InChI=1S/C61H40N4O/c1-3-14-39(15-4-1)40-26-28-41(29-27-40)42-30-32-44(33-31-42)60-62-59(43-16-5-2-6-17-43)63-61(64-60)52-35-34-47(38-53(52)51-23-13-22-50-49-21-10-12-25-57(49)66-58(50)51)65-55-24-11-9-20-48(55)54-36-45-18-7-8-19-46(45)37-56(54)65/h1-38,59H,(H,62,63,64). The lowest BCUT2D eigenvalue weighted by Gasteiger charge is -2.25. The molecule has 310 valence electrons. The van der Waals surface area contributed by atoms with Gasteiger partial charge in [-0.2, -0.15) is 0 Å². The molecule has 3 heterocycles. The van der Waals surface area contributed by atoms with Gasteiger partial charge in [-0.25, -0.2) is 9.98 Å². The van der Waals surface area contributed by atoms with E-state index in [2.05, 4.69) is 216 Å². The van der Waals surface area contributed by atoms with Crippen molar-refractivity contribution in [2.24, 2.45) is 9.98 Å². The molecule has 1 unspecified atom stereocenters. The van der Waals surface area contributed by atoms with Crippen LogP contribution in [0.25, 0.3) is 93.6 Å². The number of aliphatic imine (C=N–C) groups is 2. The van der Waals surface area contributed by atoms with Gasteiger partial charge in [0.2, 0.25) is 0 Å². The highest BCUT2D eigenvalue weighted by atomic mass is 16.3. The summed E-state index contributed by atoms with van der Waals surface area (Å²) in [5.41, 5.74) is 14.6. The number of benzene rings is 10. The third-order valence-corrected chi connectivity index (χ3v) is 13.1. The van der Waals surface area contributed by atoms with Crippen molar-refractivity contribution in [3.8, 4) is 39.1 Å². The first-order valence-corrected chi connectivity index (χ1v) is 22.4. The molecule has 5 nitrogen and oxygen atoms in total. The van der Waals surface area contributed by atoms with E-state index in [0.29, 0.717) is 5.84 Å². The number of hydrogen-bond donors (Lipinski definition) is 1. The second kappa shape index (κ2) is 15.5. The normalized spacial score (nSPS) is 13.9. The number of para-hydroxylation sites is 3. The van der Waals surface area contributed by atoms with Crippen LogP contribution in [0.5, 0.6) is 0 Å². The van der Waals surface area contributed by atoms with Gasteiger partial charge >= 0.3 is 0 Å². The monoisotopic (exact) mass is 844 g/mol. The highest BCUT2D eigenvalue weighted by molar-refractivity contribution is 6.18. The van der Waals surface area contributed by atoms with Gasteiger partial charge < -0.3 is 14.3 Å². The Morgan fingerprint density at radius 2 is 1.02 bits per heavy atom. The number of aromatic nitrogens is 1. The Kier molecular flexibility index (Phi) is 8.84. The van der Waals surface area contributed by atoms with Crippen molar-refractivity contribution in [2.75, 3.05) is 0 Å². The van der Waals surface area contributed by atoms with Gasteiger partial charge in [0, 0.05) is 43.9 Å². The van der Waals surface area contributed by atoms with Crippen LogP contribution in [-0.2, 0) is 0 Å². The Bertz CT molecular complexity index is 3880. The van der Waals surface area contributed by atoms with Gasteiger partial charge in [0.15, 0.2) is 5.84 Å². The minimum Gasteiger partial charge on any atom is -0.455 e. The van der Waals surface area contributed by atoms with Crippen LogP contribution in [0.15, 0.2) is 245 Å². The number of hydrogen-bond acceptors (Lipinski definition) is 4. The van der Waals surface area contributed by atoms with E-state index in [9.17, 15) is 0 Å². The maximum atomic E-state index is 6.76. The lowest BCUT2D eigenvalue weighted by Crippen LogP contribution is -2.33. The first-order chi connectivity index (χ1) is 32.7. The van der Waals surface area contributed by atoms with Crippen molar-refractivity contribution >= 4 is 66.2 Å². The fourth-order valence-electron chi connectivity index (χ4n) is 9.81. The SMILES string of the molecule is c1ccc(-c2ccc(-c3ccc(C4=NC(c5ccc(-n6c7ccccc7c7cc8ccccc8cc76)cc5-c5cccc6c5oc5ccccc56)=NC(c5ccccc5)N4)cc3)cc2)cc1. The van der Waals surface area contributed by atoms with E-state index in [0.717, 1.165) is 83.4 Å². The molecule has 1 aliphatic rings.